The van der Waals surface area contributed by atoms with Crippen LogP contribution in [0.4, 0.5) is 0 Å². The topological polar surface area (TPSA) is 47.3 Å². The maximum Gasteiger partial charge on any atom is 0.139 e. The predicted octanol–water partition coefficient (Wildman–Crippen LogP) is 2.25. The van der Waals surface area contributed by atoms with Crippen LogP contribution in [-0.4, -0.2) is 21.5 Å². The SMILES string of the molecule is CCOCn1nccc1-c1ccc(O)cc1. The number of benzene rings is 1. The van der Waals surface area contributed by atoms with Crippen LogP contribution in [0.15, 0.2) is 36.5 Å². The van der Waals surface area contributed by atoms with E-state index in [1.165, 1.54) is 0 Å². The predicted molar refractivity (Wildman–Crippen MR) is 61.0 cm³/mol. The number of hydrogen-bond donors (Lipinski definition) is 1. The fourth-order valence-corrected chi connectivity index (χ4v) is 1.49. The average Bonchev–Trinajstić information content (AvgIpc) is 2.75. The summed E-state index contributed by atoms with van der Waals surface area (Å²) in [5, 5.41) is 13.4. The molecule has 1 N–H and O–H groups in total. The van der Waals surface area contributed by atoms with Crippen molar-refractivity contribution in [2.24, 2.45) is 0 Å². The summed E-state index contributed by atoms with van der Waals surface area (Å²) < 4.78 is 7.10. The summed E-state index contributed by atoms with van der Waals surface area (Å²) in [6.45, 7) is 3.05. The van der Waals surface area contributed by atoms with Crippen LogP contribution in [0.1, 0.15) is 6.92 Å². The molecule has 0 saturated heterocycles. The summed E-state index contributed by atoms with van der Waals surface area (Å²) in [4.78, 5) is 0. The standard InChI is InChI=1S/C12H14N2O2/c1-2-16-9-14-12(7-8-13-14)10-3-5-11(15)6-4-10/h3-8,15H,2,9H2,1H3. The third-order valence-electron chi connectivity index (χ3n) is 2.30. The number of phenolic OH excluding ortho intramolecular Hbond substituents is 1. The van der Waals surface area contributed by atoms with Crippen LogP contribution in [0.25, 0.3) is 11.3 Å². The van der Waals surface area contributed by atoms with Crippen LogP contribution in [0, 0.1) is 0 Å². The maximum atomic E-state index is 9.22. The lowest BCUT2D eigenvalue weighted by Crippen LogP contribution is -2.05. The van der Waals surface area contributed by atoms with Crippen LogP contribution < -0.4 is 0 Å². The quantitative estimate of drug-likeness (QED) is 0.856. The minimum absolute atomic E-state index is 0.264. The van der Waals surface area contributed by atoms with Gasteiger partial charge in [-0.25, -0.2) is 4.68 Å². The van der Waals surface area contributed by atoms with Gasteiger partial charge in [0.1, 0.15) is 12.5 Å². The molecule has 0 spiro atoms. The summed E-state index contributed by atoms with van der Waals surface area (Å²) in [5.74, 6) is 0.264. The largest absolute Gasteiger partial charge is 0.508 e. The Kier molecular flexibility index (Phi) is 3.22. The van der Waals surface area contributed by atoms with Gasteiger partial charge in [-0.05, 0) is 37.3 Å². The summed E-state index contributed by atoms with van der Waals surface area (Å²) in [7, 11) is 0. The van der Waals surface area contributed by atoms with Crippen molar-refractivity contribution in [2.45, 2.75) is 13.7 Å². The maximum absolute atomic E-state index is 9.22. The Balaban J connectivity index is 2.26. The molecule has 0 aliphatic heterocycles. The molecule has 0 radical (unpaired) electrons. The molecule has 0 fully saturated rings. The van der Waals surface area contributed by atoms with Gasteiger partial charge in [0.05, 0.1) is 5.69 Å². The van der Waals surface area contributed by atoms with Crippen molar-refractivity contribution in [3.8, 4) is 17.0 Å². The molecule has 16 heavy (non-hydrogen) atoms. The highest BCUT2D eigenvalue weighted by Gasteiger charge is 2.04. The van der Waals surface area contributed by atoms with Gasteiger partial charge < -0.3 is 9.84 Å². The number of nitrogens with zero attached hydrogens (tertiary/aromatic N) is 2. The zero-order valence-corrected chi connectivity index (χ0v) is 9.13. The van der Waals surface area contributed by atoms with Crippen molar-refractivity contribution in [3.63, 3.8) is 0 Å². The molecule has 2 rings (SSSR count). The molecular weight excluding hydrogens is 204 g/mol. The molecule has 1 aromatic carbocycles. The second-order valence-electron chi connectivity index (χ2n) is 3.38. The van der Waals surface area contributed by atoms with Crippen molar-refractivity contribution in [1.29, 1.82) is 0 Å². The van der Waals surface area contributed by atoms with Crippen molar-refractivity contribution >= 4 is 0 Å². The zero-order chi connectivity index (χ0) is 11.4. The van der Waals surface area contributed by atoms with Crippen LogP contribution in [-0.2, 0) is 11.5 Å². The highest BCUT2D eigenvalue weighted by molar-refractivity contribution is 5.60. The normalized spacial score (nSPS) is 10.6. The van der Waals surface area contributed by atoms with Gasteiger partial charge in [0.15, 0.2) is 0 Å². The number of aromatic nitrogens is 2. The molecule has 2 aromatic rings. The molecule has 0 aliphatic carbocycles. The fourth-order valence-electron chi connectivity index (χ4n) is 1.49. The van der Waals surface area contributed by atoms with E-state index in [0.717, 1.165) is 11.3 Å². The van der Waals surface area contributed by atoms with E-state index >= 15 is 0 Å². The van der Waals surface area contributed by atoms with Crippen LogP contribution >= 0.6 is 0 Å². The first kappa shape index (κ1) is 10.7. The Hall–Kier alpha value is -1.81. The van der Waals surface area contributed by atoms with Gasteiger partial charge in [-0.15, -0.1) is 0 Å². The second kappa shape index (κ2) is 4.81. The first-order valence-corrected chi connectivity index (χ1v) is 5.20. The third-order valence-corrected chi connectivity index (χ3v) is 2.30. The first-order valence-electron chi connectivity index (χ1n) is 5.20. The van der Waals surface area contributed by atoms with Gasteiger partial charge in [0.25, 0.3) is 0 Å². The molecule has 0 unspecified atom stereocenters. The van der Waals surface area contributed by atoms with E-state index in [1.807, 2.05) is 25.1 Å². The van der Waals surface area contributed by atoms with Crippen molar-refractivity contribution < 1.29 is 9.84 Å². The molecule has 84 valence electrons. The molecule has 0 saturated carbocycles. The lowest BCUT2D eigenvalue weighted by atomic mass is 10.1. The van der Waals surface area contributed by atoms with Gasteiger partial charge in [0.2, 0.25) is 0 Å². The highest BCUT2D eigenvalue weighted by Crippen LogP contribution is 2.21. The number of phenols is 1. The molecular formula is C12H14N2O2. The van der Waals surface area contributed by atoms with Gasteiger partial charge in [-0.1, -0.05) is 0 Å². The van der Waals surface area contributed by atoms with Gasteiger partial charge >= 0.3 is 0 Å². The number of ether oxygens (including phenoxy) is 1. The monoisotopic (exact) mass is 218 g/mol. The average molecular weight is 218 g/mol. The molecule has 4 heteroatoms. The van der Waals surface area contributed by atoms with Crippen molar-refractivity contribution in [1.82, 2.24) is 9.78 Å². The molecule has 0 bridgehead atoms. The smallest absolute Gasteiger partial charge is 0.139 e. The minimum atomic E-state index is 0.264. The highest BCUT2D eigenvalue weighted by atomic mass is 16.5. The van der Waals surface area contributed by atoms with Crippen LogP contribution in [0.3, 0.4) is 0 Å². The van der Waals surface area contributed by atoms with Crippen LogP contribution in [0.2, 0.25) is 0 Å². The Morgan fingerprint density at radius 3 is 2.69 bits per heavy atom. The summed E-state index contributed by atoms with van der Waals surface area (Å²) in [6, 6.07) is 8.95. The molecule has 0 amide bonds. The number of aromatic hydroxyl groups is 1. The van der Waals surface area contributed by atoms with Gasteiger partial charge in [0, 0.05) is 18.4 Å². The van der Waals surface area contributed by atoms with E-state index in [4.69, 9.17) is 4.74 Å². The lowest BCUT2D eigenvalue weighted by Gasteiger charge is -2.07. The molecule has 0 aliphatic rings. The first-order chi connectivity index (χ1) is 7.81. The Morgan fingerprint density at radius 1 is 1.25 bits per heavy atom. The zero-order valence-electron chi connectivity index (χ0n) is 9.13. The van der Waals surface area contributed by atoms with E-state index in [0.29, 0.717) is 13.3 Å². The summed E-state index contributed by atoms with van der Waals surface area (Å²) in [6.07, 6.45) is 1.74. The Morgan fingerprint density at radius 2 is 2.00 bits per heavy atom. The Labute approximate surface area is 94.1 Å². The van der Waals surface area contributed by atoms with Gasteiger partial charge in [-0.2, -0.15) is 5.10 Å². The summed E-state index contributed by atoms with van der Waals surface area (Å²) in [5.41, 5.74) is 1.99. The van der Waals surface area contributed by atoms with Crippen molar-refractivity contribution in [2.75, 3.05) is 6.61 Å². The van der Waals surface area contributed by atoms with Crippen LogP contribution in [0.5, 0.6) is 5.75 Å². The second-order valence-corrected chi connectivity index (χ2v) is 3.38. The van der Waals surface area contributed by atoms with E-state index in [9.17, 15) is 5.11 Å². The number of hydrogen-bond acceptors (Lipinski definition) is 3. The Bertz CT molecular complexity index is 448. The fraction of sp³-hybridized carbons (Fsp3) is 0.250. The third kappa shape index (κ3) is 2.23. The summed E-state index contributed by atoms with van der Waals surface area (Å²) >= 11 is 0. The van der Waals surface area contributed by atoms with E-state index in [-0.39, 0.29) is 5.75 Å². The minimum Gasteiger partial charge on any atom is -0.508 e. The van der Waals surface area contributed by atoms with Gasteiger partial charge in [-0.3, -0.25) is 0 Å². The lowest BCUT2D eigenvalue weighted by molar-refractivity contribution is 0.0804. The molecule has 1 aromatic heterocycles. The molecule has 4 nitrogen and oxygen atoms in total. The molecule has 0 atom stereocenters. The van der Waals surface area contributed by atoms with E-state index in [2.05, 4.69) is 5.10 Å². The van der Waals surface area contributed by atoms with Crippen molar-refractivity contribution in [3.05, 3.63) is 36.5 Å². The number of rotatable bonds is 4. The molecule has 1 heterocycles. The van der Waals surface area contributed by atoms with E-state index in [1.54, 1.807) is 23.0 Å². The van der Waals surface area contributed by atoms with E-state index < -0.39 is 0 Å².